The molecule has 0 unspecified atom stereocenters. The first-order valence-electron chi connectivity index (χ1n) is 5.91. The monoisotopic (exact) mass is 207 g/mol. The summed E-state index contributed by atoms with van der Waals surface area (Å²) < 4.78 is 12.7. The Kier molecular flexibility index (Phi) is 3.34. The van der Waals surface area contributed by atoms with Gasteiger partial charge in [-0.1, -0.05) is 19.4 Å². The van der Waals surface area contributed by atoms with Crippen molar-refractivity contribution in [2.45, 2.75) is 44.9 Å². The number of hydrogen-bond acceptors (Lipinski definition) is 1. The van der Waals surface area contributed by atoms with E-state index in [1.54, 1.807) is 6.20 Å². The van der Waals surface area contributed by atoms with Crippen LogP contribution in [0.1, 0.15) is 50.5 Å². The smallest absolute Gasteiger partial charge is 0.212 e. The van der Waals surface area contributed by atoms with Gasteiger partial charge < -0.3 is 0 Å². The van der Waals surface area contributed by atoms with Crippen molar-refractivity contribution in [3.63, 3.8) is 0 Å². The summed E-state index contributed by atoms with van der Waals surface area (Å²) in [4.78, 5) is 3.73. The summed E-state index contributed by atoms with van der Waals surface area (Å²) >= 11 is 0. The van der Waals surface area contributed by atoms with Crippen LogP contribution in [0, 0.1) is 11.9 Å². The van der Waals surface area contributed by atoms with Gasteiger partial charge in [-0.2, -0.15) is 4.39 Å². The lowest BCUT2D eigenvalue weighted by atomic mass is 9.78. The highest BCUT2D eigenvalue weighted by Gasteiger charge is 2.21. The quantitative estimate of drug-likeness (QED) is 0.670. The van der Waals surface area contributed by atoms with Gasteiger partial charge >= 0.3 is 0 Å². The number of nitrogens with zero attached hydrogens (tertiary/aromatic N) is 1. The third kappa shape index (κ3) is 2.55. The van der Waals surface area contributed by atoms with Crippen molar-refractivity contribution < 1.29 is 4.39 Å². The number of rotatable bonds is 2. The van der Waals surface area contributed by atoms with Gasteiger partial charge in [0.25, 0.3) is 0 Å². The molecular weight excluding hydrogens is 189 g/mol. The number of pyridine rings is 1. The molecule has 0 amide bonds. The van der Waals surface area contributed by atoms with E-state index in [1.165, 1.54) is 43.7 Å². The van der Waals surface area contributed by atoms with Crippen LogP contribution < -0.4 is 0 Å². The van der Waals surface area contributed by atoms with Gasteiger partial charge in [-0.3, -0.25) is 0 Å². The molecule has 1 aromatic rings. The molecule has 2 heteroatoms. The van der Waals surface area contributed by atoms with Gasteiger partial charge in [0.2, 0.25) is 5.95 Å². The molecular formula is C13H18FN. The van der Waals surface area contributed by atoms with Crippen LogP contribution in [-0.4, -0.2) is 4.98 Å². The van der Waals surface area contributed by atoms with Crippen molar-refractivity contribution in [1.29, 1.82) is 0 Å². The molecule has 82 valence electrons. The van der Waals surface area contributed by atoms with E-state index in [2.05, 4.69) is 11.9 Å². The van der Waals surface area contributed by atoms with E-state index in [0.717, 1.165) is 5.92 Å². The predicted octanol–water partition coefficient (Wildman–Crippen LogP) is 3.90. The second kappa shape index (κ2) is 4.73. The predicted molar refractivity (Wildman–Crippen MR) is 59.2 cm³/mol. The highest BCUT2D eigenvalue weighted by Crippen LogP contribution is 2.36. The van der Waals surface area contributed by atoms with Crippen molar-refractivity contribution in [2.75, 3.05) is 0 Å². The van der Waals surface area contributed by atoms with Gasteiger partial charge in [0.05, 0.1) is 0 Å². The topological polar surface area (TPSA) is 12.9 Å². The fraction of sp³-hybridized carbons (Fsp3) is 0.615. The lowest BCUT2D eigenvalue weighted by molar-refractivity contribution is 0.318. The largest absolute Gasteiger partial charge is 0.228 e. The molecule has 1 fully saturated rings. The van der Waals surface area contributed by atoms with Crippen molar-refractivity contribution in [1.82, 2.24) is 4.98 Å². The van der Waals surface area contributed by atoms with Gasteiger partial charge in [-0.15, -0.1) is 0 Å². The summed E-state index contributed by atoms with van der Waals surface area (Å²) in [5, 5.41) is 0. The first-order valence-corrected chi connectivity index (χ1v) is 5.91. The van der Waals surface area contributed by atoms with Crippen LogP contribution in [0.2, 0.25) is 0 Å². The molecule has 1 saturated carbocycles. The van der Waals surface area contributed by atoms with E-state index in [9.17, 15) is 4.39 Å². The standard InChI is InChI=1S/C13H18FN/c1-2-10-3-5-11(6-4-10)12-7-8-13(14)15-9-12/h7-11H,2-6H2,1H3/t10-,11-. The Morgan fingerprint density at radius 2 is 2.00 bits per heavy atom. The lowest BCUT2D eigenvalue weighted by Crippen LogP contribution is -2.12. The first kappa shape index (κ1) is 10.6. The third-order valence-electron chi connectivity index (χ3n) is 3.65. The molecule has 0 radical (unpaired) electrons. The minimum absolute atomic E-state index is 0.374. The Labute approximate surface area is 90.7 Å². The molecule has 1 aliphatic carbocycles. The molecule has 1 aromatic heterocycles. The zero-order chi connectivity index (χ0) is 10.7. The van der Waals surface area contributed by atoms with Gasteiger partial charge in [-0.05, 0) is 49.1 Å². The van der Waals surface area contributed by atoms with Crippen LogP contribution in [0.25, 0.3) is 0 Å². The first-order chi connectivity index (χ1) is 7.29. The molecule has 0 spiro atoms. The highest BCUT2D eigenvalue weighted by molar-refractivity contribution is 5.15. The van der Waals surface area contributed by atoms with E-state index in [-0.39, 0.29) is 5.95 Å². The Hall–Kier alpha value is -0.920. The van der Waals surface area contributed by atoms with Crippen LogP contribution in [-0.2, 0) is 0 Å². The normalized spacial score (nSPS) is 26.5. The maximum absolute atomic E-state index is 12.7. The highest BCUT2D eigenvalue weighted by atomic mass is 19.1. The average Bonchev–Trinajstić information content (AvgIpc) is 2.30. The lowest BCUT2D eigenvalue weighted by Gasteiger charge is -2.27. The molecule has 1 nitrogen and oxygen atoms in total. The second-order valence-electron chi connectivity index (χ2n) is 4.54. The van der Waals surface area contributed by atoms with E-state index in [1.807, 2.05) is 6.07 Å². The summed E-state index contributed by atoms with van der Waals surface area (Å²) in [6.07, 6.45) is 8.12. The number of halogens is 1. The number of hydrogen-bond donors (Lipinski definition) is 0. The Bertz CT molecular complexity index is 299. The molecule has 1 aliphatic rings. The van der Waals surface area contributed by atoms with Crippen LogP contribution in [0.4, 0.5) is 4.39 Å². The fourth-order valence-corrected chi connectivity index (χ4v) is 2.53. The summed E-state index contributed by atoms with van der Waals surface area (Å²) in [5.74, 6) is 1.15. The molecule has 0 atom stereocenters. The summed E-state index contributed by atoms with van der Waals surface area (Å²) in [7, 11) is 0. The molecule has 0 bridgehead atoms. The molecule has 0 saturated heterocycles. The van der Waals surface area contributed by atoms with Crippen molar-refractivity contribution in [2.24, 2.45) is 5.92 Å². The van der Waals surface area contributed by atoms with Gasteiger partial charge in [0.15, 0.2) is 0 Å². The average molecular weight is 207 g/mol. The van der Waals surface area contributed by atoms with Crippen LogP contribution in [0.15, 0.2) is 18.3 Å². The molecule has 15 heavy (non-hydrogen) atoms. The van der Waals surface area contributed by atoms with Gasteiger partial charge in [0, 0.05) is 6.20 Å². The summed E-state index contributed by atoms with van der Waals surface area (Å²) in [6.45, 7) is 2.27. The van der Waals surface area contributed by atoms with Crippen molar-refractivity contribution in [3.8, 4) is 0 Å². The third-order valence-corrected chi connectivity index (χ3v) is 3.65. The number of aromatic nitrogens is 1. The van der Waals surface area contributed by atoms with E-state index < -0.39 is 0 Å². The van der Waals surface area contributed by atoms with Crippen molar-refractivity contribution in [3.05, 3.63) is 29.8 Å². The second-order valence-corrected chi connectivity index (χ2v) is 4.54. The van der Waals surface area contributed by atoms with Crippen molar-refractivity contribution >= 4 is 0 Å². The SMILES string of the molecule is CC[C@H]1CC[C@H](c2ccc(F)nc2)CC1. The maximum Gasteiger partial charge on any atom is 0.212 e. The van der Waals surface area contributed by atoms with Crippen LogP contribution >= 0.6 is 0 Å². The van der Waals surface area contributed by atoms with Crippen LogP contribution in [0.5, 0.6) is 0 Å². The van der Waals surface area contributed by atoms with E-state index in [0.29, 0.717) is 5.92 Å². The Morgan fingerprint density at radius 1 is 1.27 bits per heavy atom. The summed E-state index contributed by atoms with van der Waals surface area (Å²) in [6, 6.07) is 3.36. The Balaban J connectivity index is 1.98. The minimum Gasteiger partial charge on any atom is -0.228 e. The molecule has 1 heterocycles. The van der Waals surface area contributed by atoms with Gasteiger partial charge in [-0.25, -0.2) is 4.98 Å². The molecule has 0 N–H and O–H groups in total. The Morgan fingerprint density at radius 3 is 2.53 bits per heavy atom. The van der Waals surface area contributed by atoms with Crippen LogP contribution in [0.3, 0.4) is 0 Å². The van der Waals surface area contributed by atoms with Gasteiger partial charge in [0.1, 0.15) is 0 Å². The minimum atomic E-state index is -0.374. The molecule has 2 rings (SSSR count). The zero-order valence-corrected chi connectivity index (χ0v) is 9.25. The summed E-state index contributed by atoms with van der Waals surface area (Å²) in [5.41, 5.74) is 1.21. The molecule has 0 aliphatic heterocycles. The zero-order valence-electron chi connectivity index (χ0n) is 9.25. The van der Waals surface area contributed by atoms with E-state index >= 15 is 0 Å². The molecule has 0 aromatic carbocycles. The van der Waals surface area contributed by atoms with E-state index in [4.69, 9.17) is 0 Å². The fourth-order valence-electron chi connectivity index (χ4n) is 2.53. The maximum atomic E-state index is 12.7.